The van der Waals surface area contributed by atoms with E-state index in [1.54, 1.807) is 54.6 Å². The molecule has 3 rings (SSSR count). The SMILES string of the molecule is COc1cc(/C=C/C(=O)Oc2ccc(CCOC(=O)c3ccccc3OC(C)=O)cc2)ccc1O. The van der Waals surface area contributed by atoms with Gasteiger partial charge in [0.05, 0.1) is 13.7 Å². The largest absolute Gasteiger partial charge is 0.504 e. The maximum atomic E-state index is 12.3. The van der Waals surface area contributed by atoms with Crippen LogP contribution >= 0.6 is 0 Å². The molecule has 0 saturated carbocycles. The minimum atomic E-state index is -0.592. The van der Waals surface area contributed by atoms with Crippen LogP contribution < -0.4 is 14.2 Å². The van der Waals surface area contributed by atoms with Gasteiger partial charge in [-0.2, -0.15) is 0 Å². The predicted molar refractivity (Wildman–Crippen MR) is 128 cm³/mol. The second kappa shape index (κ2) is 12.0. The Labute approximate surface area is 202 Å². The van der Waals surface area contributed by atoms with E-state index in [0.717, 1.165) is 5.56 Å². The third-order valence-corrected chi connectivity index (χ3v) is 4.74. The van der Waals surface area contributed by atoms with Crippen LogP contribution in [-0.2, 0) is 20.7 Å². The number of ether oxygens (including phenoxy) is 4. The van der Waals surface area contributed by atoms with Crippen LogP contribution in [0, 0.1) is 0 Å². The van der Waals surface area contributed by atoms with Gasteiger partial charge in [0.15, 0.2) is 11.5 Å². The van der Waals surface area contributed by atoms with Crippen LogP contribution in [0.25, 0.3) is 6.08 Å². The van der Waals surface area contributed by atoms with Crippen molar-refractivity contribution in [3.05, 3.63) is 89.5 Å². The predicted octanol–water partition coefficient (Wildman–Crippen LogP) is 4.34. The molecule has 0 unspecified atom stereocenters. The van der Waals surface area contributed by atoms with Gasteiger partial charge in [-0.05, 0) is 53.6 Å². The molecule has 0 aliphatic rings. The van der Waals surface area contributed by atoms with Gasteiger partial charge in [0, 0.05) is 19.4 Å². The number of benzene rings is 3. The number of rotatable bonds is 9. The van der Waals surface area contributed by atoms with Crippen molar-refractivity contribution in [2.24, 2.45) is 0 Å². The van der Waals surface area contributed by atoms with Crippen LogP contribution in [0.2, 0.25) is 0 Å². The standard InChI is InChI=1S/C27H24O8/c1-18(28)34-24-6-4-3-5-22(24)27(31)33-16-15-19-7-11-21(12-8-19)35-26(30)14-10-20-9-13-23(29)25(17-20)32-2/h3-14,17,29H,15-16H2,1-2H3/b14-10+. The minimum absolute atomic E-state index is 0.00824. The van der Waals surface area contributed by atoms with Gasteiger partial charge in [0.2, 0.25) is 0 Å². The van der Waals surface area contributed by atoms with Crippen LogP contribution in [0.3, 0.4) is 0 Å². The van der Waals surface area contributed by atoms with Gasteiger partial charge in [-0.15, -0.1) is 0 Å². The second-order valence-electron chi connectivity index (χ2n) is 7.31. The molecule has 0 aliphatic heterocycles. The van der Waals surface area contributed by atoms with Gasteiger partial charge < -0.3 is 24.1 Å². The molecule has 3 aromatic rings. The molecule has 0 heterocycles. The Balaban J connectivity index is 1.49. The van der Waals surface area contributed by atoms with Crippen molar-refractivity contribution in [1.29, 1.82) is 0 Å². The highest BCUT2D eigenvalue weighted by molar-refractivity contribution is 5.93. The Kier molecular flexibility index (Phi) is 8.61. The van der Waals surface area contributed by atoms with Crippen molar-refractivity contribution in [3.8, 4) is 23.0 Å². The van der Waals surface area contributed by atoms with Gasteiger partial charge in [0.25, 0.3) is 0 Å². The number of phenolic OH excluding ortho intramolecular Hbond substituents is 1. The van der Waals surface area contributed by atoms with Crippen LogP contribution in [0.5, 0.6) is 23.0 Å². The Morgan fingerprint density at radius 3 is 2.37 bits per heavy atom. The summed E-state index contributed by atoms with van der Waals surface area (Å²) in [5.41, 5.74) is 1.71. The Bertz CT molecular complexity index is 1230. The second-order valence-corrected chi connectivity index (χ2v) is 7.31. The molecule has 35 heavy (non-hydrogen) atoms. The maximum Gasteiger partial charge on any atom is 0.341 e. The number of hydrogen-bond acceptors (Lipinski definition) is 8. The number of methoxy groups -OCH3 is 1. The highest BCUT2D eigenvalue weighted by Crippen LogP contribution is 2.26. The molecule has 0 atom stereocenters. The molecule has 0 spiro atoms. The van der Waals surface area contributed by atoms with Crippen molar-refractivity contribution in [2.45, 2.75) is 13.3 Å². The third kappa shape index (κ3) is 7.46. The van der Waals surface area contributed by atoms with Crippen molar-refractivity contribution in [3.63, 3.8) is 0 Å². The van der Waals surface area contributed by atoms with E-state index in [2.05, 4.69) is 0 Å². The average Bonchev–Trinajstić information content (AvgIpc) is 2.84. The summed E-state index contributed by atoms with van der Waals surface area (Å²) in [7, 11) is 1.44. The fourth-order valence-electron chi connectivity index (χ4n) is 3.05. The Morgan fingerprint density at radius 1 is 0.914 bits per heavy atom. The highest BCUT2D eigenvalue weighted by Gasteiger charge is 2.15. The fourth-order valence-corrected chi connectivity index (χ4v) is 3.05. The number of para-hydroxylation sites is 1. The van der Waals surface area contributed by atoms with Gasteiger partial charge in [-0.25, -0.2) is 9.59 Å². The molecule has 0 aliphatic carbocycles. The summed E-state index contributed by atoms with van der Waals surface area (Å²) in [6, 6.07) is 17.9. The smallest absolute Gasteiger partial charge is 0.341 e. The third-order valence-electron chi connectivity index (χ3n) is 4.74. The first-order valence-electron chi connectivity index (χ1n) is 10.7. The molecule has 8 heteroatoms. The first-order valence-corrected chi connectivity index (χ1v) is 10.7. The quantitative estimate of drug-likeness (QED) is 0.276. The minimum Gasteiger partial charge on any atom is -0.504 e. The van der Waals surface area contributed by atoms with Crippen molar-refractivity contribution >= 4 is 24.0 Å². The summed E-state index contributed by atoms with van der Waals surface area (Å²) in [6.45, 7) is 1.37. The lowest BCUT2D eigenvalue weighted by Crippen LogP contribution is -2.12. The molecule has 0 amide bonds. The Hall–Kier alpha value is -4.59. The van der Waals surface area contributed by atoms with Gasteiger partial charge >= 0.3 is 17.9 Å². The van der Waals surface area contributed by atoms with E-state index in [9.17, 15) is 19.5 Å². The molecule has 3 aromatic carbocycles. The summed E-state index contributed by atoms with van der Waals surface area (Å²) < 4.78 is 20.6. The fraction of sp³-hybridized carbons (Fsp3) is 0.148. The van der Waals surface area contributed by atoms with Gasteiger partial charge in [-0.3, -0.25) is 4.79 Å². The van der Waals surface area contributed by atoms with Crippen LogP contribution in [0.1, 0.15) is 28.4 Å². The molecule has 8 nitrogen and oxygen atoms in total. The number of aromatic hydroxyl groups is 1. The summed E-state index contributed by atoms with van der Waals surface area (Å²) in [6.07, 6.45) is 3.26. The molecule has 0 fully saturated rings. The molecule has 180 valence electrons. The maximum absolute atomic E-state index is 12.3. The van der Waals surface area contributed by atoms with Crippen molar-refractivity contribution < 1.29 is 38.4 Å². The van der Waals surface area contributed by atoms with Gasteiger partial charge in [0.1, 0.15) is 17.1 Å². The monoisotopic (exact) mass is 476 g/mol. The number of hydrogen-bond donors (Lipinski definition) is 1. The zero-order chi connectivity index (χ0) is 25.2. The molecular weight excluding hydrogens is 452 g/mol. The number of carbonyl (C=O) groups excluding carboxylic acids is 3. The lowest BCUT2D eigenvalue weighted by molar-refractivity contribution is -0.132. The van der Waals surface area contributed by atoms with E-state index in [0.29, 0.717) is 23.5 Å². The topological polar surface area (TPSA) is 108 Å². The normalized spacial score (nSPS) is 10.6. The zero-order valence-electron chi connectivity index (χ0n) is 19.2. The molecule has 0 radical (unpaired) electrons. The first-order chi connectivity index (χ1) is 16.9. The van der Waals surface area contributed by atoms with E-state index in [1.807, 2.05) is 0 Å². The number of esters is 3. The molecular formula is C27H24O8. The molecule has 0 aromatic heterocycles. The lowest BCUT2D eigenvalue weighted by atomic mass is 10.1. The van der Waals surface area contributed by atoms with E-state index in [1.165, 1.54) is 38.3 Å². The van der Waals surface area contributed by atoms with E-state index >= 15 is 0 Å². The van der Waals surface area contributed by atoms with Crippen LogP contribution in [0.4, 0.5) is 0 Å². The van der Waals surface area contributed by atoms with Crippen LogP contribution in [-0.4, -0.2) is 36.7 Å². The van der Waals surface area contributed by atoms with E-state index in [4.69, 9.17) is 18.9 Å². The molecule has 1 N–H and O–H groups in total. The summed E-state index contributed by atoms with van der Waals surface area (Å²) in [4.78, 5) is 35.6. The van der Waals surface area contributed by atoms with Gasteiger partial charge in [-0.1, -0.05) is 30.3 Å². The summed E-state index contributed by atoms with van der Waals surface area (Å²) in [5.74, 6) is -0.865. The number of phenols is 1. The first kappa shape index (κ1) is 25.0. The molecule has 0 saturated heterocycles. The average molecular weight is 476 g/mol. The molecule has 0 bridgehead atoms. The van der Waals surface area contributed by atoms with Crippen molar-refractivity contribution in [2.75, 3.05) is 13.7 Å². The van der Waals surface area contributed by atoms with E-state index < -0.39 is 17.9 Å². The summed E-state index contributed by atoms with van der Waals surface area (Å²) >= 11 is 0. The summed E-state index contributed by atoms with van der Waals surface area (Å²) in [5, 5.41) is 9.62. The van der Waals surface area contributed by atoms with Crippen LogP contribution in [0.15, 0.2) is 72.8 Å². The zero-order valence-corrected chi connectivity index (χ0v) is 19.2. The van der Waals surface area contributed by atoms with Crippen molar-refractivity contribution in [1.82, 2.24) is 0 Å². The van der Waals surface area contributed by atoms with E-state index in [-0.39, 0.29) is 23.7 Å². The lowest BCUT2D eigenvalue weighted by Gasteiger charge is -2.09. The Morgan fingerprint density at radius 2 is 1.66 bits per heavy atom. The highest BCUT2D eigenvalue weighted by atomic mass is 16.5. The number of carbonyl (C=O) groups is 3.